The molecule has 4 rings (SSSR count). The SMILES string of the molecule is CC1=CSC2=NC(=O)/C(=C\c3cc(C)n(-c4cc(C)ccc4C)c3C)C(=N)N12. The predicted octanol–water partition coefficient (Wildman–Crippen LogP) is 4.88. The average molecular weight is 391 g/mol. The van der Waals surface area contributed by atoms with Gasteiger partial charge in [-0.1, -0.05) is 23.9 Å². The summed E-state index contributed by atoms with van der Waals surface area (Å²) in [6, 6.07) is 8.47. The fourth-order valence-corrected chi connectivity index (χ4v) is 4.52. The zero-order chi connectivity index (χ0) is 20.2. The van der Waals surface area contributed by atoms with Crippen LogP contribution < -0.4 is 0 Å². The van der Waals surface area contributed by atoms with Crippen LogP contribution in [-0.2, 0) is 4.79 Å². The smallest absolute Gasteiger partial charge is 0.283 e. The predicted molar refractivity (Wildman–Crippen MR) is 116 cm³/mol. The van der Waals surface area contributed by atoms with Crippen LogP contribution in [0.4, 0.5) is 0 Å². The Balaban J connectivity index is 1.82. The molecule has 5 nitrogen and oxygen atoms in total. The number of hydrogen-bond acceptors (Lipinski definition) is 3. The van der Waals surface area contributed by atoms with E-state index in [1.54, 1.807) is 11.0 Å². The number of fused-ring (bicyclic) bond motifs is 1. The molecule has 1 aromatic carbocycles. The summed E-state index contributed by atoms with van der Waals surface area (Å²) in [4.78, 5) is 18.5. The second kappa shape index (κ2) is 6.63. The number of benzene rings is 1. The van der Waals surface area contributed by atoms with Gasteiger partial charge >= 0.3 is 0 Å². The number of nitrogens with one attached hydrogen (secondary N) is 1. The summed E-state index contributed by atoms with van der Waals surface area (Å²) in [5, 5.41) is 11.0. The van der Waals surface area contributed by atoms with Crippen LogP contribution in [0.2, 0.25) is 0 Å². The second-order valence-electron chi connectivity index (χ2n) is 7.27. The maximum Gasteiger partial charge on any atom is 0.283 e. The molecule has 0 saturated heterocycles. The van der Waals surface area contributed by atoms with E-state index in [0.717, 1.165) is 28.3 Å². The van der Waals surface area contributed by atoms with Crippen molar-refractivity contribution < 1.29 is 4.79 Å². The van der Waals surface area contributed by atoms with Crippen molar-refractivity contribution in [3.05, 3.63) is 69.0 Å². The molecule has 6 heteroatoms. The van der Waals surface area contributed by atoms with E-state index >= 15 is 0 Å². The molecule has 0 saturated carbocycles. The van der Waals surface area contributed by atoms with Crippen molar-refractivity contribution in [2.75, 3.05) is 0 Å². The van der Waals surface area contributed by atoms with Crippen molar-refractivity contribution in [3.63, 3.8) is 0 Å². The molecule has 2 aromatic rings. The highest BCUT2D eigenvalue weighted by molar-refractivity contribution is 8.16. The van der Waals surface area contributed by atoms with Gasteiger partial charge in [0.25, 0.3) is 5.91 Å². The van der Waals surface area contributed by atoms with E-state index in [2.05, 4.69) is 54.6 Å². The van der Waals surface area contributed by atoms with Crippen LogP contribution in [0, 0.1) is 33.1 Å². The first-order valence-electron chi connectivity index (χ1n) is 9.11. The zero-order valence-electron chi connectivity index (χ0n) is 16.6. The Bertz CT molecular complexity index is 1130. The van der Waals surface area contributed by atoms with Gasteiger partial charge in [-0.25, -0.2) is 0 Å². The molecule has 0 unspecified atom stereocenters. The lowest BCUT2D eigenvalue weighted by molar-refractivity contribution is -0.114. The molecule has 1 amide bonds. The first-order chi connectivity index (χ1) is 13.3. The summed E-state index contributed by atoms with van der Waals surface area (Å²) in [6.07, 6.45) is 1.80. The monoisotopic (exact) mass is 390 g/mol. The van der Waals surface area contributed by atoms with Gasteiger partial charge in [0.1, 0.15) is 5.84 Å². The number of amidine groups is 2. The standard InChI is InChI=1S/C22H22N4OS/c1-12-6-7-13(2)19(8-12)25-14(3)9-17(16(25)5)10-18-20(23)26-15(4)11-28-22(26)24-21(18)27/h6-11,23H,1-5H3/b18-10-,23-20?. The van der Waals surface area contributed by atoms with Gasteiger partial charge in [-0.2, -0.15) is 4.99 Å². The van der Waals surface area contributed by atoms with Crippen LogP contribution in [0.1, 0.15) is 35.0 Å². The minimum absolute atomic E-state index is 0.185. The molecule has 0 atom stereocenters. The normalized spacial score (nSPS) is 17.9. The number of thioether (sulfide) groups is 1. The highest BCUT2D eigenvalue weighted by Crippen LogP contribution is 2.33. The van der Waals surface area contributed by atoms with E-state index in [4.69, 9.17) is 5.41 Å². The number of aryl methyl sites for hydroxylation is 3. The topological polar surface area (TPSA) is 61.5 Å². The van der Waals surface area contributed by atoms with Crippen molar-refractivity contribution >= 4 is 34.7 Å². The molecule has 0 radical (unpaired) electrons. The molecule has 1 aromatic heterocycles. The maximum absolute atomic E-state index is 12.6. The van der Waals surface area contributed by atoms with Gasteiger partial charge in [0.05, 0.1) is 5.57 Å². The van der Waals surface area contributed by atoms with E-state index in [-0.39, 0.29) is 11.7 Å². The largest absolute Gasteiger partial charge is 0.318 e. The molecular weight excluding hydrogens is 368 g/mol. The first-order valence-corrected chi connectivity index (χ1v) is 9.99. The van der Waals surface area contributed by atoms with Crippen LogP contribution in [-0.4, -0.2) is 26.4 Å². The molecule has 2 aliphatic rings. The molecular formula is C22H22N4OS. The maximum atomic E-state index is 12.6. The number of allylic oxidation sites excluding steroid dienone is 1. The van der Waals surface area contributed by atoms with Crippen molar-refractivity contribution in [2.24, 2.45) is 4.99 Å². The highest BCUT2D eigenvalue weighted by atomic mass is 32.2. The number of aliphatic imine (C=N–C) groups is 1. The van der Waals surface area contributed by atoms with Crippen molar-refractivity contribution in [2.45, 2.75) is 34.6 Å². The number of amides is 1. The lowest BCUT2D eigenvalue weighted by Crippen LogP contribution is -2.37. The Morgan fingerprint density at radius 1 is 1.11 bits per heavy atom. The van der Waals surface area contributed by atoms with Crippen LogP contribution >= 0.6 is 11.8 Å². The Morgan fingerprint density at radius 2 is 1.86 bits per heavy atom. The van der Waals surface area contributed by atoms with E-state index in [9.17, 15) is 4.79 Å². The number of rotatable bonds is 2. The zero-order valence-corrected chi connectivity index (χ0v) is 17.4. The molecule has 0 fully saturated rings. The minimum Gasteiger partial charge on any atom is -0.318 e. The summed E-state index contributed by atoms with van der Waals surface area (Å²) in [6.45, 7) is 10.2. The summed E-state index contributed by atoms with van der Waals surface area (Å²) >= 11 is 1.38. The van der Waals surface area contributed by atoms with Gasteiger partial charge in [-0.05, 0) is 74.9 Å². The van der Waals surface area contributed by atoms with Gasteiger partial charge in [0, 0.05) is 22.8 Å². The van der Waals surface area contributed by atoms with Crippen LogP contribution in [0.25, 0.3) is 11.8 Å². The Hall–Kier alpha value is -2.86. The number of carbonyl (C=O) groups excluding carboxylic acids is 1. The number of nitrogens with zero attached hydrogens (tertiary/aromatic N) is 3. The summed E-state index contributed by atoms with van der Waals surface area (Å²) in [5.74, 6) is -0.173. The van der Waals surface area contributed by atoms with Crippen molar-refractivity contribution in [1.82, 2.24) is 9.47 Å². The van der Waals surface area contributed by atoms with Gasteiger partial charge in [-0.3, -0.25) is 15.1 Å². The molecule has 142 valence electrons. The van der Waals surface area contributed by atoms with Gasteiger partial charge in [0.15, 0.2) is 5.17 Å². The third-order valence-corrected chi connectivity index (χ3v) is 6.10. The molecule has 28 heavy (non-hydrogen) atoms. The number of hydrogen-bond donors (Lipinski definition) is 1. The lowest BCUT2D eigenvalue weighted by Gasteiger charge is -2.25. The van der Waals surface area contributed by atoms with E-state index < -0.39 is 0 Å². The first kappa shape index (κ1) is 18.5. The van der Waals surface area contributed by atoms with E-state index in [0.29, 0.717) is 10.7 Å². The van der Waals surface area contributed by atoms with Gasteiger partial charge < -0.3 is 4.57 Å². The van der Waals surface area contributed by atoms with E-state index in [1.165, 1.54) is 22.9 Å². The van der Waals surface area contributed by atoms with Crippen molar-refractivity contribution in [1.29, 1.82) is 5.41 Å². The summed E-state index contributed by atoms with van der Waals surface area (Å²) in [7, 11) is 0. The third-order valence-electron chi connectivity index (χ3n) is 5.16. The fraction of sp³-hybridized carbons (Fsp3) is 0.227. The molecule has 0 aliphatic carbocycles. The lowest BCUT2D eigenvalue weighted by atomic mass is 10.1. The second-order valence-corrected chi connectivity index (χ2v) is 8.11. The number of carbonyl (C=O) groups is 1. The summed E-state index contributed by atoms with van der Waals surface area (Å²) < 4.78 is 2.21. The molecule has 3 heterocycles. The fourth-order valence-electron chi connectivity index (χ4n) is 3.66. The molecule has 0 spiro atoms. The van der Waals surface area contributed by atoms with Crippen LogP contribution in [0.15, 0.2) is 45.9 Å². The summed E-state index contributed by atoms with van der Waals surface area (Å²) in [5.41, 5.74) is 7.82. The van der Waals surface area contributed by atoms with Gasteiger partial charge in [-0.15, -0.1) is 0 Å². The third kappa shape index (κ3) is 2.85. The average Bonchev–Trinajstić information content (AvgIpc) is 3.13. The Kier molecular flexibility index (Phi) is 4.38. The minimum atomic E-state index is -0.358. The van der Waals surface area contributed by atoms with E-state index in [1.807, 2.05) is 19.3 Å². The number of aromatic nitrogens is 1. The molecule has 0 bridgehead atoms. The molecule has 1 N–H and O–H groups in total. The van der Waals surface area contributed by atoms with Gasteiger partial charge in [0.2, 0.25) is 0 Å². The molecule has 2 aliphatic heterocycles. The van der Waals surface area contributed by atoms with Crippen LogP contribution in [0.5, 0.6) is 0 Å². The Morgan fingerprint density at radius 3 is 2.61 bits per heavy atom. The quantitative estimate of drug-likeness (QED) is 0.744. The highest BCUT2D eigenvalue weighted by Gasteiger charge is 2.34. The van der Waals surface area contributed by atoms with Crippen molar-refractivity contribution in [3.8, 4) is 5.69 Å². The Labute approximate surface area is 169 Å². The van der Waals surface area contributed by atoms with Crippen LogP contribution in [0.3, 0.4) is 0 Å².